The first-order valence-corrected chi connectivity index (χ1v) is 10.3. The zero-order valence-electron chi connectivity index (χ0n) is 16.7. The summed E-state index contributed by atoms with van der Waals surface area (Å²) in [6.45, 7) is 9.72. The number of rotatable bonds is 5. The molecule has 0 bridgehead atoms. The molecule has 2 aromatic heterocycles. The molecule has 1 aliphatic rings. The Labute approximate surface area is 175 Å². The van der Waals surface area contributed by atoms with Crippen LogP contribution < -0.4 is 4.90 Å². The van der Waals surface area contributed by atoms with Gasteiger partial charge in [0.05, 0.1) is 10.7 Å². The molecule has 0 atom stereocenters. The lowest BCUT2D eigenvalue weighted by Crippen LogP contribution is -2.47. The predicted octanol–water partition coefficient (Wildman–Crippen LogP) is 4.71. The van der Waals surface area contributed by atoms with Crippen LogP contribution in [0.2, 0.25) is 5.02 Å². The van der Waals surface area contributed by atoms with E-state index in [-0.39, 0.29) is 5.02 Å². The molecule has 1 fully saturated rings. The summed E-state index contributed by atoms with van der Waals surface area (Å²) < 4.78 is 13.4. The van der Waals surface area contributed by atoms with Gasteiger partial charge in [0.25, 0.3) is 0 Å². The Morgan fingerprint density at radius 2 is 1.90 bits per heavy atom. The summed E-state index contributed by atoms with van der Waals surface area (Å²) in [5, 5.41) is 0.0925. The van der Waals surface area contributed by atoms with E-state index in [1.54, 1.807) is 12.1 Å². The number of anilines is 1. The summed E-state index contributed by atoms with van der Waals surface area (Å²) in [5.41, 5.74) is 2.47. The lowest BCUT2D eigenvalue weighted by atomic mass is 10.1. The van der Waals surface area contributed by atoms with Gasteiger partial charge in [-0.3, -0.25) is 4.90 Å². The minimum absolute atomic E-state index is 0.0925. The fourth-order valence-corrected chi connectivity index (χ4v) is 3.87. The Hall–Kier alpha value is -2.44. The average molecular weight is 414 g/mol. The van der Waals surface area contributed by atoms with E-state index in [1.165, 1.54) is 6.07 Å². The van der Waals surface area contributed by atoms with Crippen molar-refractivity contribution in [2.24, 2.45) is 5.92 Å². The molecule has 1 aliphatic heterocycles. The van der Waals surface area contributed by atoms with Crippen LogP contribution in [0.25, 0.3) is 22.6 Å². The highest BCUT2D eigenvalue weighted by molar-refractivity contribution is 6.31. The van der Waals surface area contributed by atoms with Crippen molar-refractivity contribution in [3.05, 3.63) is 53.6 Å². The lowest BCUT2D eigenvalue weighted by Gasteiger charge is -2.36. The molecule has 0 amide bonds. The number of aromatic amines is 1. The number of hydrogen-bond donors (Lipinski definition) is 1. The van der Waals surface area contributed by atoms with Crippen molar-refractivity contribution in [2.75, 3.05) is 37.6 Å². The zero-order valence-corrected chi connectivity index (χ0v) is 17.5. The third-order valence-electron chi connectivity index (χ3n) is 5.13. The Morgan fingerprint density at radius 3 is 2.62 bits per heavy atom. The monoisotopic (exact) mass is 413 g/mol. The van der Waals surface area contributed by atoms with E-state index < -0.39 is 5.82 Å². The average Bonchev–Trinajstić information content (AvgIpc) is 3.21. The van der Waals surface area contributed by atoms with Gasteiger partial charge in [-0.05, 0) is 36.2 Å². The molecule has 5 nitrogen and oxygen atoms in total. The normalized spacial score (nSPS) is 15.3. The Kier molecular flexibility index (Phi) is 5.83. The third-order valence-corrected chi connectivity index (χ3v) is 5.42. The van der Waals surface area contributed by atoms with Crippen molar-refractivity contribution in [1.82, 2.24) is 19.9 Å². The number of pyridine rings is 1. The second-order valence-corrected chi connectivity index (χ2v) is 8.25. The quantitative estimate of drug-likeness (QED) is 0.658. The van der Waals surface area contributed by atoms with Gasteiger partial charge in [-0.2, -0.15) is 0 Å². The molecule has 7 heteroatoms. The summed E-state index contributed by atoms with van der Waals surface area (Å²) in [6, 6.07) is 8.63. The zero-order chi connectivity index (χ0) is 20.4. The van der Waals surface area contributed by atoms with Gasteiger partial charge >= 0.3 is 0 Å². The van der Waals surface area contributed by atoms with Gasteiger partial charge in [0, 0.05) is 56.2 Å². The number of nitrogens with one attached hydrogen (secondary N) is 1. The van der Waals surface area contributed by atoms with Crippen LogP contribution in [0.5, 0.6) is 0 Å². The van der Waals surface area contributed by atoms with Crippen LogP contribution in [-0.2, 0) is 0 Å². The first kappa shape index (κ1) is 19.9. The Morgan fingerprint density at radius 1 is 1.10 bits per heavy atom. The van der Waals surface area contributed by atoms with Gasteiger partial charge in [0.2, 0.25) is 0 Å². The molecule has 3 aromatic rings. The topological polar surface area (TPSA) is 48.0 Å². The number of imidazole rings is 1. The molecule has 0 spiro atoms. The number of halogens is 2. The predicted molar refractivity (Wildman–Crippen MR) is 116 cm³/mol. The Bertz CT molecular complexity index is 979. The number of aromatic nitrogens is 3. The summed E-state index contributed by atoms with van der Waals surface area (Å²) in [4.78, 5) is 17.3. The first-order valence-electron chi connectivity index (χ1n) is 9.94. The number of hydrogen-bond acceptors (Lipinski definition) is 4. The van der Waals surface area contributed by atoms with Crippen LogP contribution in [0.4, 0.5) is 10.2 Å². The fourth-order valence-electron chi connectivity index (χ4n) is 3.69. The highest BCUT2D eigenvalue weighted by atomic mass is 35.5. The van der Waals surface area contributed by atoms with Crippen LogP contribution in [0.1, 0.15) is 13.8 Å². The Balaban J connectivity index is 1.50. The molecular formula is C22H25ClFN5. The van der Waals surface area contributed by atoms with Gasteiger partial charge in [-0.15, -0.1) is 0 Å². The summed E-state index contributed by atoms with van der Waals surface area (Å²) in [5.74, 6) is 1.97. The van der Waals surface area contributed by atoms with Crippen molar-refractivity contribution in [2.45, 2.75) is 13.8 Å². The van der Waals surface area contributed by atoms with Crippen molar-refractivity contribution in [3.63, 3.8) is 0 Å². The van der Waals surface area contributed by atoms with Crippen LogP contribution in [0.15, 0.2) is 42.7 Å². The van der Waals surface area contributed by atoms with Crippen molar-refractivity contribution < 1.29 is 4.39 Å². The van der Waals surface area contributed by atoms with Crippen molar-refractivity contribution in [3.8, 4) is 22.6 Å². The van der Waals surface area contributed by atoms with E-state index in [0.717, 1.165) is 61.2 Å². The van der Waals surface area contributed by atoms with Gasteiger partial charge < -0.3 is 9.88 Å². The van der Waals surface area contributed by atoms with Crippen LogP contribution in [0.3, 0.4) is 0 Å². The number of benzene rings is 1. The van der Waals surface area contributed by atoms with E-state index in [4.69, 9.17) is 11.6 Å². The van der Waals surface area contributed by atoms with E-state index in [2.05, 4.69) is 44.7 Å². The van der Waals surface area contributed by atoms with Crippen LogP contribution in [-0.4, -0.2) is 52.6 Å². The van der Waals surface area contributed by atoms with E-state index in [0.29, 0.717) is 5.92 Å². The maximum absolute atomic E-state index is 13.4. The maximum atomic E-state index is 13.4. The summed E-state index contributed by atoms with van der Waals surface area (Å²) in [7, 11) is 0. The van der Waals surface area contributed by atoms with Gasteiger partial charge in [-0.1, -0.05) is 25.4 Å². The molecule has 1 saturated heterocycles. The van der Waals surface area contributed by atoms with E-state index >= 15 is 0 Å². The molecule has 152 valence electrons. The highest BCUT2D eigenvalue weighted by Crippen LogP contribution is 2.27. The molecule has 4 rings (SSSR count). The van der Waals surface area contributed by atoms with Gasteiger partial charge in [0.15, 0.2) is 0 Å². The third kappa shape index (κ3) is 4.60. The molecule has 0 radical (unpaired) electrons. The molecule has 1 N–H and O–H groups in total. The van der Waals surface area contributed by atoms with Crippen molar-refractivity contribution >= 4 is 17.4 Å². The van der Waals surface area contributed by atoms with Gasteiger partial charge in [0.1, 0.15) is 17.5 Å². The van der Waals surface area contributed by atoms with Gasteiger partial charge in [-0.25, -0.2) is 14.4 Å². The van der Waals surface area contributed by atoms with E-state index in [1.807, 2.05) is 18.5 Å². The number of piperazine rings is 1. The first-order chi connectivity index (χ1) is 14.0. The molecular weight excluding hydrogens is 389 g/mol. The second kappa shape index (κ2) is 8.51. The fraction of sp³-hybridized carbons (Fsp3) is 0.364. The smallest absolute Gasteiger partial charge is 0.141 e. The minimum Gasteiger partial charge on any atom is -0.354 e. The maximum Gasteiger partial charge on any atom is 0.141 e. The highest BCUT2D eigenvalue weighted by Gasteiger charge is 2.19. The molecule has 1 aromatic carbocycles. The molecule has 29 heavy (non-hydrogen) atoms. The largest absolute Gasteiger partial charge is 0.354 e. The van der Waals surface area contributed by atoms with Crippen LogP contribution >= 0.6 is 11.6 Å². The molecule has 3 heterocycles. The molecule has 0 saturated carbocycles. The SMILES string of the molecule is CC(C)CN1CCN(c2cc(-c3nc(-c4ccc(F)c(Cl)c4)c[nH]3)ccn2)CC1. The second-order valence-electron chi connectivity index (χ2n) is 7.85. The summed E-state index contributed by atoms with van der Waals surface area (Å²) >= 11 is 5.90. The molecule has 0 unspecified atom stereocenters. The number of H-pyrrole nitrogens is 1. The van der Waals surface area contributed by atoms with Crippen LogP contribution in [0, 0.1) is 11.7 Å². The minimum atomic E-state index is -0.432. The summed E-state index contributed by atoms with van der Waals surface area (Å²) in [6.07, 6.45) is 3.63. The van der Waals surface area contributed by atoms with Crippen molar-refractivity contribution in [1.29, 1.82) is 0 Å². The standard InChI is InChI=1S/C22H25ClFN5/c1-15(2)14-28-7-9-29(10-8-28)21-12-17(5-6-25-21)22-26-13-20(27-22)16-3-4-19(24)18(23)11-16/h3-6,11-13,15H,7-10,14H2,1-2H3,(H,26,27). The number of nitrogens with zero attached hydrogens (tertiary/aromatic N) is 4. The molecule has 0 aliphatic carbocycles. The van der Waals surface area contributed by atoms with E-state index in [9.17, 15) is 4.39 Å². The lowest BCUT2D eigenvalue weighted by molar-refractivity contribution is 0.231.